The van der Waals surface area contributed by atoms with E-state index in [-0.39, 0.29) is 0 Å². The van der Waals surface area contributed by atoms with Crippen LogP contribution in [0.5, 0.6) is 0 Å². The van der Waals surface area contributed by atoms with Gasteiger partial charge in [-0.3, -0.25) is 4.57 Å². The van der Waals surface area contributed by atoms with Crippen molar-refractivity contribution in [2.75, 3.05) is 27.2 Å². The van der Waals surface area contributed by atoms with E-state index in [9.17, 15) is 0 Å². The lowest BCUT2D eigenvalue weighted by molar-refractivity contribution is 0.426. The molecule has 0 aliphatic carbocycles. The minimum Gasteiger partial charge on any atom is -0.302 e. The molecule has 1 rings (SSSR count). The maximum absolute atomic E-state index is 6.96. The van der Waals surface area contributed by atoms with Crippen LogP contribution in [0, 0.1) is 0 Å². The molecule has 1 aromatic rings. The van der Waals surface area contributed by atoms with Gasteiger partial charge in [-0.25, -0.2) is 0 Å². The largest absolute Gasteiger partial charge is 0.339 e. The summed E-state index contributed by atoms with van der Waals surface area (Å²) in [6, 6.07) is 10.4. The number of benzene rings is 1. The highest BCUT2D eigenvalue weighted by atomic mass is 35.6. The fraction of sp³-hybridized carbons (Fsp3) is 0.500. The summed E-state index contributed by atoms with van der Waals surface area (Å²) in [5.41, 5.74) is 0. The first-order valence-corrected chi connectivity index (χ1v) is 8.64. The zero-order valence-electron chi connectivity index (χ0n) is 10.6. The average Bonchev–Trinajstić information content (AvgIpc) is 2.31. The highest BCUT2D eigenvalue weighted by Crippen LogP contribution is 2.17. The number of halogens is 1. The lowest BCUT2D eigenvalue weighted by Crippen LogP contribution is -2.67. The molecule has 1 aromatic carbocycles. The molecule has 0 heterocycles. The molecule has 0 amide bonds. The summed E-state index contributed by atoms with van der Waals surface area (Å²) >= 11 is 6.96. The molecule has 0 spiro atoms. The van der Waals surface area contributed by atoms with Gasteiger partial charge in [0.05, 0.1) is 0 Å². The Labute approximate surface area is 105 Å². The summed E-state index contributed by atoms with van der Waals surface area (Å²) in [6.07, 6.45) is 0. The number of hydrogen-bond donors (Lipinski definition) is 0. The van der Waals surface area contributed by atoms with Crippen LogP contribution >= 0.6 is 11.1 Å². The maximum atomic E-state index is 6.96. The van der Waals surface area contributed by atoms with Crippen LogP contribution in [-0.4, -0.2) is 44.0 Å². The standard InChI is InChI=1S/C12H21ClN2Si/c1-5-15(6-2)16(13,14(3)4)12-10-8-7-9-11-12/h7-11H,5-6H2,1-4H3. The zero-order chi connectivity index (χ0) is 12.2. The molecule has 0 bridgehead atoms. The molecule has 0 aliphatic rings. The van der Waals surface area contributed by atoms with Crippen LogP contribution in [0.15, 0.2) is 30.3 Å². The van der Waals surface area contributed by atoms with E-state index in [1.807, 2.05) is 6.07 Å². The molecule has 0 radical (unpaired) electrons. The minimum absolute atomic E-state index is 0.985. The van der Waals surface area contributed by atoms with E-state index >= 15 is 0 Å². The first kappa shape index (κ1) is 13.7. The van der Waals surface area contributed by atoms with Crippen LogP contribution in [0.2, 0.25) is 0 Å². The van der Waals surface area contributed by atoms with Gasteiger partial charge in [0, 0.05) is 0 Å². The van der Waals surface area contributed by atoms with Gasteiger partial charge >= 0.3 is 7.71 Å². The summed E-state index contributed by atoms with van der Waals surface area (Å²) in [6.45, 7) is 6.30. The topological polar surface area (TPSA) is 6.48 Å². The second-order valence-corrected chi connectivity index (χ2v) is 8.88. The summed E-state index contributed by atoms with van der Waals surface area (Å²) in [7, 11) is 1.95. The Hall–Kier alpha value is -0.353. The van der Waals surface area contributed by atoms with Crippen LogP contribution in [0.25, 0.3) is 0 Å². The molecule has 0 saturated heterocycles. The van der Waals surface area contributed by atoms with Crippen LogP contribution in [-0.2, 0) is 0 Å². The van der Waals surface area contributed by atoms with Crippen LogP contribution in [0.1, 0.15) is 13.8 Å². The Morgan fingerprint density at radius 3 is 1.94 bits per heavy atom. The Morgan fingerprint density at radius 2 is 1.56 bits per heavy atom. The highest BCUT2D eigenvalue weighted by Gasteiger charge is 2.41. The SMILES string of the molecule is CCN(CC)[Si](Cl)(c1ccccc1)N(C)C. The molecule has 0 saturated carbocycles. The average molecular weight is 257 g/mol. The van der Waals surface area contributed by atoms with E-state index in [2.05, 4.69) is 61.3 Å². The van der Waals surface area contributed by atoms with Crippen molar-refractivity contribution in [3.63, 3.8) is 0 Å². The molecule has 1 unspecified atom stereocenters. The smallest absolute Gasteiger partial charge is 0.302 e. The molecule has 90 valence electrons. The van der Waals surface area contributed by atoms with Gasteiger partial charge in [0.1, 0.15) is 0 Å². The van der Waals surface area contributed by atoms with E-state index in [1.54, 1.807) is 0 Å². The summed E-state index contributed by atoms with van der Waals surface area (Å²) in [5.74, 6) is 0. The lowest BCUT2D eigenvalue weighted by Gasteiger charge is -2.40. The number of hydrogen-bond acceptors (Lipinski definition) is 2. The molecule has 4 heteroatoms. The van der Waals surface area contributed by atoms with Gasteiger partial charge in [-0.05, 0) is 32.4 Å². The van der Waals surface area contributed by atoms with E-state index in [1.165, 1.54) is 5.19 Å². The molecular weight excluding hydrogens is 236 g/mol. The Balaban J connectivity index is 3.16. The van der Waals surface area contributed by atoms with Gasteiger partial charge in [0.25, 0.3) is 0 Å². The summed E-state index contributed by atoms with van der Waals surface area (Å²) < 4.78 is 4.57. The Morgan fingerprint density at radius 1 is 1.06 bits per heavy atom. The van der Waals surface area contributed by atoms with Crippen LogP contribution in [0.3, 0.4) is 0 Å². The van der Waals surface area contributed by atoms with E-state index in [0.29, 0.717) is 0 Å². The fourth-order valence-electron chi connectivity index (χ4n) is 2.02. The van der Waals surface area contributed by atoms with Gasteiger partial charge < -0.3 is 4.57 Å². The van der Waals surface area contributed by atoms with E-state index < -0.39 is 7.71 Å². The van der Waals surface area contributed by atoms with Gasteiger partial charge in [-0.15, -0.1) is 11.1 Å². The Bertz CT molecular complexity index is 314. The van der Waals surface area contributed by atoms with Crippen molar-refractivity contribution in [1.29, 1.82) is 0 Å². The van der Waals surface area contributed by atoms with Crippen molar-refractivity contribution < 1.29 is 0 Å². The second-order valence-electron chi connectivity index (χ2n) is 4.02. The van der Waals surface area contributed by atoms with Gasteiger partial charge in [0.2, 0.25) is 0 Å². The number of nitrogens with zero attached hydrogens (tertiary/aromatic N) is 2. The quantitative estimate of drug-likeness (QED) is 0.587. The van der Waals surface area contributed by atoms with Gasteiger partial charge in [-0.2, -0.15) is 0 Å². The van der Waals surface area contributed by atoms with Gasteiger partial charge in [0.15, 0.2) is 0 Å². The lowest BCUT2D eigenvalue weighted by atomic mass is 10.4. The van der Waals surface area contributed by atoms with Crippen molar-refractivity contribution in [2.45, 2.75) is 13.8 Å². The minimum atomic E-state index is -2.19. The molecule has 16 heavy (non-hydrogen) atoms. The molecule has 0 aliphatic heterocycles. The number of rotatable bonds is 5. The third-order valence-electron chi connectivity index (χ3n) is 2.92. The molecule has 0 fully saturated rings. The van der Waals surface area contributed by atoms with Gasteiger partial charge in [-0.1, -0.05) is 44.2 Å². The zero-order valence-corrected chi connectivity index (χ0v) is 12.3. The monoisotopic (exact) mass is 256 g/mol. The molecule has 0 aromatic heterocycles. The van der Waals surface area contributed by atoms with Crippen LogP contribution in [0.4, 0.5) is 0 Å². The third-order valence-corrected chi connectivity index (χ3v) is 9.03. The van der Waals surface area contributed by atoms with Crippen molar-refractivity contribution in [3.05, 3.63) is 30.3 Å². The first-order valence-electron chi connectivity index (χ1n) is 5.74. The molecule has 2 nitrogen and oxygen atoms in total. The summed E-state index contributed by atoms with van der Waals surface area (Å²) in [4.78, 5) is 0. The molecule has 0 N–H and O–H groups in total. The van der Waals surface area contributed by atoms with Crippen molar-refractivity contribution in [2.24, 2.45) is 0 Å². The predicted molar refractivity (Wildman–Crippen MR) is 74.3 cm³/mol. The first-order chi connectivity index (χ1) is 7.57. The van der Waals surface area contributed by atoms with Crippen LogP contribution < -0.4 is 5.19 Å². The molecule has 1 atom stereocenters. The summed E-state index contributed by atoms with van der Waals surface area (Å²) in [5, 5.41) is 1.25. The highest BCUT2D eigenvalue weighted by molar-refractivity contribution is 7.24. The third kappa shape index (κ3) is 2.48. The molecular formula is C12H21ClN2Si. The predicted octanol–water partition coefficient (Wildman–Crippen LogP) is 1.97. The Kier molecular flexibility index (Phi) is 4.99. The fourth-order valence-corrected chi connectivity index (χ4v) is 6.01. The van der Waals surface area contributed by atoms with E-state index in [4.69, 9.17) is 11.1 Å². The van der Waals surface area contributed by atoms with E-state index in [0.717, 1.165) is 13.1 Å². The van der Waals surface area contributed by atoms with Crippen molar-refractivity contribution in [1.82, 2.24) is 9.13 Å². The second kappa shape index (κ2) is 5.82. The van der Waals surface area contributed by atoms with Crippen molar-refractivity contribution in [3.8, 4) is 0 Å². The maximum Gasteiger partial charge on any atom is 0.339 e. The normalized spacial score (nSPS) is 15.4. The van der Waals surface area contributed by atoms with Crippen molar-refractivity contribution >= 4 is 24.0 Å².